The van der Waals surface area contributed by atoms with Gasteiger partial charge in [-0.1, -0.05) is 32.3 Å². The summed E-state index contributed by atoms with van der Waals surface area (Å²) in [5, 5.41) is 11.3. The van der Waals surface area contributed by atoms with Crippen molar-refractivity contribution in [2.24, 2.45) is 29.1 Å². The number of allylic oxidation sites excluding steroid dienone is 2. The van der Waals surface area contributed by atoms with E-state index in [1.165, 1.54) is 12.0 Å². The zero-order valence-corrected chi connectivity index (χ0v) is 16.4. The van der Waals surface area contributed by atoms with Crippen LogP contribution in [0.4, 0.5) is 0 Å². The molecule has 138 valence electrons. The van der Waals surface area contributed by atoms with Crippen LogP contribution in [0.25, 0.3) is 0 Å². The molecule has 2 saturated carbocycles. The van der Waals surface area contributed by atoms with Gasteiger partial charge in [-0.25, -0.2) is 0 Å². The molecule has 3 rings (SSSR count). The maximum absolute atomic E-state index is 11.8. The molecule has 0 aromatic rings. The average molecular weight is 343 g/mol. The first-order valence-electron chi connectivity index (χ1n) is 10.2. The van der Waals surface area contributed by atoms with Gasteiger partial charge in [0.2, 0.25) is 0 Å². The largest absolute Gasteiger partial charge is 0.377 e. The number of aliphatic hydroxyl groups is 1. The van der Waals surface area contributed by atoms with Crippen molar-refractivity contribution >= 4 is 5.78 Å². The second-order valence-corrected chi connectivity index (χ2v) is 9.20. The molecule has 0 spiro atoms. The number of carbonyl (C=O) groups is 1. The molecule has 25 heavy (non-hydrogen) atoms. The normalized spacial score (nSPS) is 42.2. The smallest absolute Gasteiger partial charge is 0.155 e. The van der Waals surface area contributed by atoms with E-state index >= 15 is 0 Å². The third kappa shape index (κ3) is 3.21. The van der Waals surface area contributed by atoms with E-state index in [0.29, 0.717) is 29.5 Å². The maximum atomic E-state index is 11.8. The predicted octanol–water partition coefficient (Wildman–Crippen LogP) is 4.91. The van der Waals surface area contributed by atoms with E-state index < -0.39 is 5.60 Å². The summed E-state index contributed by atoms with van der Waals surface area (Å²) in [5.41, 5.74) is 0.452. The molecule has 0 heterocycles. The van der Waals surface area contributed by atoms with Gasteiger partial charge in [-0.3, -0.25) is 4.79 Å². The summed E-state index contributed by atoms with van der Waals surface area (Å²) in [6.45, 7) is 8.89. The van der Waals surface area contributed by atoms with Gasteiger partial charge in [0, 0.05) is 11.8 Å². The van der Waals surface area contributed by atoms with Crippen molar-refractivity contribution in [2.75, 3.05) is 0 Å². The molecule has 0 aromatic carbocycles. The van der Waals surface area contributed by atoms with Gasteiger partial charge in [0.05, 0.1) is 0 Å². The molecule has 2 nitrogen and oxygen atoms in total. The lowest BCUT2D eigenvalue weighted by Gasteiger charge is -2.51. The van der Waals surface area contributed by atoms with E-state index in [1.807, 2.05) is 13.0 Å². The Morgan fingerprint density at radius 3 is 2.76 bits per heavy atom. The molecular weight excluding hydrogens is 308 g/mol. The molecule has 2 fully saturated rings. The Balaban J connectivity index is 1.82. The van der Waals surface area contributed by atoms with Crippen molar-refractivity contribution < 1.29 is 9.90 Å². The Hall–Kier alpha value is -1.07. The number of hydrogen-bond donors (Lipinski definition) is 1. The fraction of sp³-hybridized carbons (Fsp3) is 0.783. The second kappa shape index (κ2) is 6.92. The van der Waals surface area contributed by atoms with Gasteiger partial charge in [-0.05, 0) is 81.6 Å². The molecule has 0 radical (unpaired) electrons. The Morgan fingerprint density at radius 1 is 1.32 bits per heavy atom. The Labute approximate surface area is 153 Å². The Bertz CT molecular complexity index is 622. The molecular formula is C23H34O2. The molecule has 0 aromatic heterocycles. The fourth-order valence-electron chi connectivity index (χ4n) is 6.34. The highest BCUT2D eigenvalue weighted by atomic mass is 16.3. The third-order valence-electron chi connectivity index (χ3n) is 7.68. The van der Waals surface area contributed by atoms with Gasteiger partial charge >= 0.3 is 0 Å². The number of hydrogen-bond acceptors (Lipinski definition) is 2. The summed E-state index contributed by atoms with van der Waals surface area (Å²) in [7, 11) is 0. The van der Waals surface area contributed by atoms with Crippen LogP contribution in [0.3, 0.4) is 0 Å². The van der Waals surface area contributed by atoms with Crippen molar-refractivity contribution in [2.45, 2.75) is 84.7 Å². The van der Waals surface area contributed by atoms with Gasteiger partial charge in [-0.15, -0.1) is 5.92 Å². The van der Waals surface area contributed by atoms with Gasteiger partial charge < -0.3 is 5.11 Å². The lowest BCUT2D eigenvalue weighted by Crippen LogP contribution is -2.50. The number of carbonyl (C=O) groups excluding carboxylic acids is 1. The summed E-state index contributed by atoms with van der Waals surface area (Å²) in [4.78, 5) is 11.8. The van der Waals surface area contributed by atoms with Crippen molar-refractivity contribution in [3.63, 3.8) is 0 Å². The van der Waals surface area contributed by atoms with E-state index in [2.05, 4.69) is 32.6 Å². The highest BCUT2D eigenvalue weighted by Crippen LogP contribution is 2.62. The average Bonchev–Trinajstić information content (AvgIpc) is 2.80. The van der Waals surface area contributed by atoms with Crippen LogP contribution in [-0.2, 0) is 4.79 Å². The molecule has 3 aliphatic carbocycles. The first kappa shape index (κ1) is 18.7. The monoisotopic (exact) mass is 342 g/mol. The Kier molecular flexibility index (Phi) is 5.18. The van der Waals surface area contributed by atoms with Gasteiger partial charge in [0.15, 0.2) is 5.78 Å². The topological polar surface area (TPSA) is 37.3 Å². The van der Waals surface area contributed by atoms with Crippen LogP contribution in [-0.4, -0.2) is 16.5 Å². The van der Waals surface area contributed by atoms with Crippen molar-refractivity contribution in [3.8, 4) is 11.8 Å². The molecule has 0 amide bonds. The molecule has 6 atom stereocenters. The molecule has 1 unspecified atom stereocenters. The molecule has 2 heteroatoms. The van der Waals surface area contributed by atoms with Crippen LogP contribution in [0, 0.1) is 40.9 Å². The lowest BCUT2D eigenvalue weighted by molar-refractivity contribution is -0.115. The minimum absolute atomic E-state index is 0.0851. The van der Waals surface area contributed by atoms with Crippen molar-refractivity contribution in [1.82, 2.24) is 0 Å². The number of fused-ring (bicyclic) bond motifs is 1. The zero-order chi connectivity index (χ0) is 18.2. The third-order valence-corrected chi connectivity index (χ3v) is 7.68. The van der Waals surface area contributed by atoms with Crippen LogP contribution in [0.2, 0.25) is 0 Å². The second-order valence-electron chi connectivity index (χ2n) is 9.20. The first-order valence-corrected chi connectivity index (χ1v) is 10.2. The van der Waals surface area contributed by atoms with Crippen LogP contribution >= 0.6 is 0 Å². The summed E-state index contributed by atoms with van der Waals surface area (Å²) >= 11 is 0. The number of rotatable bonds is 3. The minimum Gasteiger partial charge on any atom is -0.377 e. The van der Waals surface area contributed by atoms with Crippen LogP contribution in [0.5, 0.6) is 0 Å². The quantitative estimate of drug-likeness (QED) is 0.740. The van der Waals surface area contributed by atoms with E-state index in [0.717, 1.165) is 44.9 Å². The fourth-order valence-corrected chi connectivity index (χ4v) is 6.34. The minimum atomic E-state index is -0.815. The standard InChI is InChI=1S/C23H34O2/c1-5-11-23(25)13-10-20-21(16(2)9-12-22(20,23)4)17(3)14-18-7-6-8-19(24)15-18/h15-17,20-21,25H,6-10,12-14H2,1-4H3/t16-,17+,20-,21+,22+,23?/m1/s1. The molecule has 0 aliphatic heterocycles. The van der Waals surface area contributed by atoms with Crippen molar-refractivity contribution in [3.05, 3.63) is 11.6 Å². The van der Waals surface area contributed by atoms with E-state index in [-0.39, 0.29) is 5.41 Å². The van der Waals surface area contributed by atoms with Crippen LogP contribution in [0.1, 0.15) is 79.1 Å². The van der Waals surface area contributed by atoms with Crippen LogP contribution in [0.15, 0.2) is 11.6 Å². The lowest BCUT2D eigenvalue weighted by atomic mass is 9.54. The summed E-state index contributed by atoms with van der Waals surface area (Å²) in [6.07, 6.45) is 9.94. The number of ketones is 1. The van der Waals surface area contributed by atoms with Gasteiger partial charge in [-0.2, -0.15) is 0 Å². The molecule has 3 aliphatic rings. The van der Waals surface area contributed by atoms with Gasteiger partial charge in [0.1, 0.15) is 5.60 Å². The highest BCUT2D eigenvalue weighted by Gasteiger charge is 2.60. The molecule has 1 N–H and O–H groups in total. The summed E-state index contributed by atoms with van der Waals surface area (Å²) < 4.78 is 0. The van der Waals surface area contributed by atoms with Gasteiger partial charge in [0.25, 0.3) is 0 Å². The predicted molar refractivity (Wildman–Crippen MR) is 102 cm³/mol. The van der Waals surface area contributed by atoms with E-state index in [9.17, 15) is 9.90 Å². The highest BCUT2D eigenvalue weighted by molar-refractivity contribution is 5.91. The first-order chi connectivity index (χ1) is 11.8. The molecule has 0 saturated heterocycles. The van der Waals surface area contributed by atoms with E-state index in [1.54, 1.807) is 0 Å². The van der Waals surface area contributed by atoms with Crippen molar-refractivity contribution in [1.29, 1.82) is 0 Å². The maximum Gasteiger partial charge on any atom is 0.155 e. The van der Waals surface area contributed by atoms with Crippen LogP contribution < -0.4 is 0 Å². The Morgan fingerprint density at radius 2 is 2.08 bits per heavy atom. The zero-order valence-electron chi connectivity index (χ0n) is 16.4. The summed E-state index contributed by atoms with van der Waals surface area (Å²) in [5.74, 6) is 8.87. The SMILES string of the molecule is CC#CC1(O)CC[C@@H]2[C@H]([C@@H](C)CC3=CC(=O)CCC3)[C@H](C)CC[C@@]21C. The summed E-state index contributed by atoms with van der Waals surface area (Å²) in [6, 6.07) is 0. The van der Waals surface area contributed by atoms with E-state index in [4.69, 9.17) is 0 Å². The molecule has 0 bridgehead atoms.